The molecular formula is C18H19NO9. The normalized spacial score (nSPS) is 23.2. The van der Waals surface area contributed by atoms with Crippen LogP contribution >= 0.6 is 0 Å². The number of methoxy groups -OCH3 is 1. The number of fused-ring (bicyclic) bond motifs is 1. The first-order valence-corrected chi connectivity index (χ1v) is 8.19. The molecule has 28 heavy (non-hydrogen) atoms. The van der Waals surface area contributed by atoms with E-state index in [0.717, 1.165) is 24.3 Å². The van der Waals surface area contributed by atoms with E-state index in [1.54, 1.807) is 0 Å². The molecule has 0 bridgehead atoms. The summed E-state index contributed by atoms with van der Waals surface area (Å²) in [6.07, 6.45) is 2.08. The van der Waals surface area contributed by atoms with E-state index in [4.69, 9.17) is 9.47 Å². The zero-order chi connectivity index (χ0) is 20.7. The molecule has 1 atom stereocenters. The number of carbonyl (C=O) groups is 2. The summed E-state index contributed by atoms with van der Waals surface area (Å²) in [5.41, 5.74) is -2.15. The second-order valence-electron chi connectivity index (χ2n) is 6.52. The third-order valence-electron chi connectivity index (χ3n) is 4.66. The average Bonchev–Trinajstić information content (AvgIpc) is 2.68. The molecule has 1 unspecified atom stereocenters. The van der Waals surface area contributed by atoms with E-state index in [-0.39, 0.29) is 22.6 Å². The minimum Gasteiger partial charge on any atom is -0.504 e. The van der Waals surface area contributed by atoms with Gasteiger partial charge in [-0.3, -0.25) is 9.59 Å². The molecule has 2 aliphatic rings. The van der Waals surface area contributed by atoms with Gasteiger partial charge in [-0.2, -0.15) is 0 Å². The second-order valence-corrected chi connectivity index (χ2v) is 6.52. The predicted octanol–water partition coefficient (Wildman–Crippen LogP) is -1.29. The van der Waals surface area contributed by atoms with E-state index >= 15 is 0 Å². The van der Waals surface area contributed by atoms with Gasteiger partial charge in [-0.1, -0.05) is 0 Å². The second kappa shape index (κ2) is 6.91. The lowest BCUT2D eigenvalue weighted by Gasteiger charge is -2.45. The standard InChI is InChI=1S/C18H19NO9/c1-27-15-11(22)4-9(5-12(15)23)14(25)10-2-3-13(24)18(26)16(10)19-17(6-20,7-21)8-28-18/h2-5,19-23,26H,6-8H2,1H3. The molecule has 0 spiro atoms. The fraction of sp³-hybridized carbons (Fsp3) is 0.333. The van der Waals surface area contributed by atoms with Gasteiger partial charge in [-0.05, 0) is 24.3 Å². The third-order valence-corrected chi connectivity index (χ3v) is 4.66. The number of aliphatic hydroxyl groups excluding tert-OH is 2. The van der Waals surface area contributed by atoms with E-state index in [9.17, 15) is 35.1 Å². The average molecular weight is 393 g/mol. The number of morpholine rings is 1. The summed E-state index contributed by atoms with van der Waals surface area (Å²) in [6.45, 7) is -1.61. The number of hydrogen-bond donors (Lipinski definition) is 6. The van der Waals surface area contributed by atoms with Crippen LogP contribution in [0, 0.1) is 0 Å². The van der Waals surface area contributed by atoms with Gasteiger partial charge >= 0.3 is 0 Å². The number of ether oxygens (including phenoxy) is 2. The minimum atomic E-state index is -2.50. The number of Topliss-reactive ketones (excluding diaryl/α,β-unsaturated/α-hetero) is 1. The Morgan fingerprint density at radius 2 is 1.82 bits per heavy atom. The Morgan fingerprint density at radius 1 is 1.21 bits per heavy atom. The van der Waals surface area contributed by atoms with Crippen molar-refractivity contribution in [3.63, 3.8) is 0 Å². The lowest BCUT2D eigenvalue weighted by molar-refractivity contribution is -0.212. The molecular weight excluding hydrogens is 374 g/mol. The number of aliphatic hydroxyl groups is 3. The smallest absolute Gasteiger partial charge is 0.273 e. The number of nitrogens with one attached hydrogen (secondary N) is 1. The monoisotopic (exact) mass is 393 g/mol. The van der Waals surface area contributed by atoms with Gasteiger partial charge in [0.25, 0.3) is 5.79 Å². The number of benzene rings is 1. The number of rotatable bonds is 5. The number of allylic oxidation sites excluding steroid dienone is 2. The maximum atomic E-state index is 13.0. The van der Waals surface area contributed by atoms with E-state index in [1.165, 1.54) is 7.11 Å². The van der Waals surface area contributed by atoms with Crippen molar-refractivity contribution in [1.29, 1.82) is 0 Å². The molecule has 10 nitrogen and oxygen atoms in total. The third kappa shape index (κ3) is 2.92. The van der Waals surface area contributed by atoms with Crippen molar-refractivity contribution in [1.82, 2.24) is 5.32 Å². The molecule has 1 aliphatic heterocycles. The first kappa shape index (κ1) is 19.8. The van der Waals surface area contributed by atoms with Crippen LogP contribution in [0.2, 0.25) is 0 Å². The topological polar surface area (TPSA) is 166 Å². The maximum Gasteiger partial charge on any atom is 0.273 e. The van der Waals surface area contributed by atoms with Gasteiger partial charge in [0.2, 0.25) is 11.5 Å². The Kier molecular flexibility index (Phi) is 4.90. The zero-order valence-corrected chi connectivity index (χ0v) is 14.8. The highest BCUT2D eigenvalue weighted by molar-refractivity contribution is 6.15. The highest BCUT2D eigenvalue weighted by Gasteiger charge is 2.52. The van der Waals surface area contributed by atoms with Gasteiger partial charge in [-0.25, -0.2) is 0 Å². The summed E-state index contributed by atoms with van der Waals surface area (Å²) in [7, 11) is 1.23. The van der Waals surface area contributed by atoms with Crippen molar-refractivity contribution in [2.75, 3.05) is 26.9 Å². The summed E-state index contributed by atoms with van der Waals surface area (Å²) < 4.78 is 10.0. The molecule has 1 aromatic carbocycles. The molecule has 3 rings (SSSR count). The van der Waals surface area contributed by atoms with E-state index in [1.807, 2.05) is 0 Å². The Labute approximate surface area is 158 Å². The highest BCUT2D eigenvalue weighted by atomic mass is 16.6. The van der Waals surface area contributed by atoms with E-state index in [0.29, 0.717) is 0 Å². The highest BCUT2D eigenvalue weighted by Crippen LogP contribution is 2.39. The number of phenols is 2. The number of aromatic hydroxyl groups is 2. The van der Waals surface area contributed by atoms with Crippen molar-refractivity contribution in [3.05, 3.63) is 41.1 Å². The fourth-order valence-corrected chi connectivity index (χ4v) is 3.00. The molecule has 1 aliphatic carbocycles. The quantitative estimate of drug-likeness (QED) is 0.332. The van der Waals surface area contributed by atoms with Crippen LogP contribution in [0.3, 0.4) is 0 Å². The largest absolute Gasteiger partial charge is 0.504 e. The minimum absolute atomic E-state index is 0.161. The van der Waals surface area contributed by atoms with Crippen molar-refractivity contribution >= 4 is 11.6 Å². The lowest BCUT2D eigenvalue weighted by Crippen LogP contribution is -2.67. The van der Waals surface area contributed by atoms with Crippen LogP contribution < -0.4 is 10.1 Å². The summed E-state index contributed by atoms with van der Waals surface area (Å²) in [6, 6.07) is 2.10. The summed E-state index contributed by atoms with van der Waals surface area (Å²) >= 11 is 0. The van der Waals surface area contributed by atoms with Crippen molar-refractivity contribution in [3.8, 4) is 17.2 Å². The lowest BCUT2D eigenvalue weighted by atomic mass is 9.87. The van der Waals surface area contributed by atoms with Gasteiger partial charge < -0.3 is 40.3 Å². The molecule has 0 aromatic heterocycles. The summed E-state index contributed by atoms with van der Waals surface area (Å²) in [4.78, 5) is 25.1. The van der Waals surface area contributed by atoms with Gasteiger partial charge in [0, 0.05) is 11.1 Å². The first-order chi connectivity index (χ1) is 13.2. The Morgan fingerprint density at radius 3 is 2.36 bits per heavy atom. The van der Waals surface area contributed by atoms with Gasteiger partial charge in [0.05, 0.1) is 32.6 Å². The number of phenolic OH excluding ortho intramolecular Hbond substituents is 2. The van der Waals surface area contributed by atoms with Crippen LogP contribution in [0.25, 0.3) is 0 Å². The Hall–Kier alpha value is -2.92. The molecule has 10 heteroatoms. The van der Waals surface area contributed by atoms with Crippen molar-refractivity contribution in [2.45, 2.75) is 11.3 Å². The number of ketones is 2. The fourth-order valence-electron chi connectivity index (χ4n) is 3.00. The van der Waals surface area contributed by atoms with Gasteiger partial charge in [0.1, 0.15) is 5.54 Å². The van der Waals surface area contributed by atoms with E-state index in [2.05, 4.69) is 5.32 Å². The van der Waals surface area contributed by atoms with Crippen LogP contribution in [0.4, 0.5) is 0 Å². The van der Waals surface area contributed by atoms with Gasteiger partial charge in [0.15, 0.2) is 17.3 Å². The van der Waals surface area contributed by atoms with Crippen LogP contribution in [0.1, 0.15) is 10.4 Å². The molecule has 1 fully saturated rings. The first-order valence-electron chi connectivity index (χ1n) is 8.19. The number of hydrogen-bond acceptors (Lipinski definition) is 10. The van der Waals surface area contributed by atoms with Crippen LogP contribution in [-0.4, -0.2) is 75.4 Å². The molecule has 0 radical (unpaired) electrons. The van der Waals surface area contributed by atoms with Crippen LogP contribution in [-0.2, 0) is 9.53 Å². The van der Waals surface area contributed by atoms with Crippen LogP contribution in [0.15, 0.2) is 35.6 Å². The summed E-state index contributed by atoms with van der Waals surface area (Å²) in [5, 5.41) is 52.3. The summed E-state index contributed by atoms with van der Waals surface area (Å²) in [5.74, 6) is -5.32. The predicted molar refractivity (Wildman–Crippen MR) is 92.8 cm³/mol. The maximum absolute atomic E-state index is 13.0. The number of carbonyl (C=O) groups excluding carboxylic acids is 2. The zero-order valence-electron chi connectivity index (χ0n) is 14.8. The molecule has 6 N–H and O–H groups in total. The molecule has 1 heterocycles. The molecule has 1 aromatic rings. The molecule has 0 saturated carbocycles. The van der Waals surface area contributed by atoms with Crippen molar-refractivity contribution in [2.24, 2.45) is 0 Å². The Balaban J connectivity index is 2.13. The molecule has 150 valence electrons. The van der Waals surface area contributed by atoms with Crippen LogP contribution in [0.5, 0.6) is 17.2 Å². The Bertz CT molecular complexity index is 877. The SMILES string of the molecule is COc1c(O)cc(C(=O)C2=C3NC(CO)(CO)COC3(O)C(=O)C=C2)cc1O. The molecule has 0 amide bonds. The molecule has 1 saturated heterocycles. The van der Waals surface area contributed by atoms with Crippen molar-refractivity contribution < 1.29 is 44.6 Å². The van der Waals surface area contributed by atoms with Gasteiger partial charge in [-0.15, -0.1) is 0 Å². The van der Waals surface area contributed by atoms with E-state index < -0.39 is 54.2 Å².